The summed E-state index contributed by atoms with van der Waals surface area (Å²) in [6.45, 7) is 0.910. The molecule has 0 aliphatic rings. The SMILES string of the molecule is CC(C(O)O)(C(O)O)C(O)O. The smallest absolute Gasteiger partial charge is 0.166 e. The normalized spacial score (nSPS) is 13.6. The van der Waals surface area contributed by atoms with Gasteiger partial charge >= 0.3 is 0 Å². The van der Waals surface area contributed by atoms with Gasteiger partial charge < -0.3 is 30.6 Å². The molecule has 0 radical (unpaired) electrons. The third-order valence-corrected chi connectivity index (χ3v) is 1.67. The predicted molar refractivity (Wildman–Crippen MR) is 32.8 cm³/mol. The Kier molecular flexibility index (Phi) is 3.36. The molecule has 6 N–H and O–H groups in total. The van der Waals surface area contributed by atoms with E-state index in [1.54, 1.807) is 0 Å². The average Bonchev–Trinajstić information content (AvgIpc) is 1.84. The van der Waals surface area contributed by atoms with Crippen LogP contribution in [-0.4, -0.2) is 49.5 Å². The second-order valence-corrected chi connectivity index (χ2v) is 2.49. The quantitative estimate of drug-likeness (QED) is 0.249. The third-order valence-electron chi connectivity index (χ3n) is 1.67. The average molecular weight is 168 g/mol. The van der Waals surface area contributed by atoms with E-state index < -0.39 is 24.3 Å². The number of rotatable bonds is 3. The van der Waals surface area contributed by atoms with Crippen molar-refractivity contribution >= 4 is 0 Å². The van der Waals surface area contributed by atoms with Gasteiger partial charge in [0.05, 0.1) is 0 Å². The minimum absolute atomic E-state index is 0.910. The molecular formula is C5H12O6. The molecule has 0 aromatic carbocycles. The van der Waals surface area contributed by atoms with E-state index in [1.807, 2.05) is 0 Å². The predicted octanol–water partition coefficient (Wildman–Crippen LogP) is -3.08. The van der Waals surface area contributed by atoms with Crippen LogP contribution in [0.15, 0.2) is 0 Å². The second kappa shape index (κ2) is 3.44. The third kappa shape index (κ3) is 1.86. The summed E-state index contributed by atoms with van der Waals surface area (Å²) in [5.74, 6) is 0. The van der Waals surface area contributed by atoms with Crippen molar-refractivity contribution in [1.29, 1.82) is 0 Å². The van der Waals surface area contributed by atoms with Crippen molar-refractivity contribution in [2.75, 3.05) is 0 Å². The Morgan fingerprint density at radius 3 is 0.909 bits per heavy atom. The van der Waals surface area contributed by atoms with E-state index >= 15 is 0 Å². The van der Waals surface area contributed by atoms with Crippen molar-refractivity contribution in [1.82, 2.24) is 0 Å². The Balaban J connectivity index is 4.53. The summed E-state index contributed by atoms with van der Waals surface area (Å²) in [4.78, 5) is 0. The van der Waals surface area contributed by atoms with Crippen LogP contribution in [0.1, 0.15) is 6.92 Å². The van der Waals surface area contributed by atoms with Gasteiger partial charge in [-0.3, -0.25) is 0 Å². The second-order valence-electron chi connectivity index (χ2n) is 2.49. The fourth-order valence-electron chi connectivity index (χ4n) is 0.400. The molecule has 0 fully saturated rings. The lowest BCUT2D eigenvalue weighted by atomic mass is 9.88. The number of aliphatic hydroxyl groups excluding tert-OH is 3. The molecule has 0 aromatic heterocycles. The number of hydrogen-bond donors (Lipinski definition) is 6. The van der Waals surface area contributed by atoms with E-state index in [0.717, 1.165) is 6.92 Å². The summed E-state index contributed by atoms with van der Waals surface area (Å²) in [7, 11) is 0. The Hall–Kier alpha value is -0.240. The standard InChI is InChI=1S/C5H12O6/c1-5(2(6)7,3(8)9)4(10)11/h2-4,6-11H,1H3. The first kappa shape index (κ1) is 10.8. The van der Waals surface area contributed by atoms with E-state index in [0.29, 0.717) is 0 Å². The van der Waals surface area contributed by atoms with Gasteiger partial charge in [-0.25, -0.2) is 0 Å². The largest absolute Gasteiger partial charge is 0.367 e. The van der Waals surface area contributed by atoms with Crippen LogP contribution in [0.25, 0.3) is 0 Å². The van der Waals surface area contributed by atoms with Crippen LogP contribution >= 0.6 is 0 Å². The minimum Gasteiger partial charge on any atom is -0.367 e. The van der Waals surface area contributed by atoms with Gasteiger partial charge in [0, 0.05) is 0 Å². The zero-order chi connectivity index (χ0) is 9.23. The number of aliphatic hydroxyl groups is 6. The first-order valence-electron chi connectivity index (χ1n) is 2.92. The first-order valence-corrected chi connectivity index (χ1v) is 2.92. The summed E-state index contributed by atoms with van der Waals surface area (Å²) in [6.07, 6.45) is -6.66. The highest BCUT2D eigenvalue weighted by Crippen LogP contribution is 2.26. The molecule has 6 nitrogen and oxygen atoms in total. The lowest BCUT2D eigenvalue weighted by molar-refractivity contribution is -0.301. The molecule has 0 rings (SSSR count). The van der Waals surface area contributed by atoms with Crippen LogP contribution in [0.4, 0.5) is 0 Å². The van der Waals surface area contributed by atoms with Crippen LogP contribution < -0.4 is 0 Å². The Bertz CT molecular complexity index is 98.4. The van der Waals surface area contributed by atoms with Crippen molar-refractivity contribution < 1.29 is 30.6 Å². The molecule has 0 heterocycles. The van der Waals surface area contributed by atoms with Crippen LogP contribution in [0.5, 0.6) is 0 Å². The van der Waals surface area contributed by atoms with Gasteiger partial charge in [-0.2, -0.15) is 0 Å². The highest BCUT2D eigenvalue weighted by molar-refractivity contribution is 4.80. The van der Waals surface area contributed by atoms with Gasteiger partial charge in [0.2, 0.25) is 0 Å². The molecule has 0 atom stereocenters. The molecule has 0 unspecified atom stereocenters. The molecule has 68 valence electrons. The summed E-state index contributed by atoms with van der Waals surface area (Å²) >= 11 is 0. The highest BCUT2D eigenvalue weighted by atomic mass is 16.5. The maximum atomic E-state index is 8.53. The van der Waals surface area contributed by atoms with Crippen LogP contribution in [0.2, 0.25) is 0 Å². The lowest BCUT2D eigenvalue weighted by Crippen LogP contribution is -2.51. The fraction of sp³-hybridized carbons (Fsp3) is 1.00. The van der Waals surface area contributed by atoms with Crippen molar-refractivity contribution in [3.05, 3.63) is 0 Å². The first-order chi connectivity index (χ1) is 4.83. The van der Waals surface area contributed by atoms with Crippen molar-refractivity contribution in [2.45, 2.75) is 25.8 Å². The maximum Gasteiger partial charge on any atom is 0.166 e. The monoisotopic (exact) mass is 168 g/mol. The van der Waals surface area contributed by atoms with E-state index in [2.05, 4.69) is 0 Å². The maximum absolute atomic E-state index is 8.53. The molecule has 0 bridgehead atoms. The molecule has 0 saturated heterocycles. The van der Waals surface area contributed by atoms with E-state index in [9.17, 15) is 0 Å². The minimum atomic E-state index is -2.22. The van der Waals surface area contributed by atoms with E-state index in [4.69, 9.17) is 30.6 Å². The zero-order valence-electron chi connectivity index (χ0n) is 5.92. The van der Waals surface area contributed by atoms with Crippen LogP contribution in [0.3, 0.4) is 0 Å². The lowest BCUT2D eigenvalue weighted by Gasteiger charge is -2.33. The Morgan fingerprint density at radius 2 is 0.909 bits per heavy atom. The Morgan fingerprint density at radius 1 is 0.727 bits per heavy atom. The van der Waals surface area contributed by atoms with Crippen molar-refractivity contribution in [2.24, 2.45) is 5.41 Å². The van der Waals surface area contributed by atoms with Gasteiger partial charge in [0.1, 0.15) is 5.41 Å². The van der Waals surface area contributed by atoms with Crippen LogP contribution in [0, 0.1) is 5.41 Å². The fourth-order valence-corrected chi connectivity index (χ4v) is 0.400. The summed E-state index contributed by atoms with van der Waals surface area (Å²) < 4.78 is 0. The zero-order valence-corrected chi connectivity index (χ0v) is 5.92. The summed E-state index contributed by atoms with van der Waals surface area (Å²) in [6, 6.07) is 0. The van der Waals surface area contributed by atoms with Gasteiger partial charge in [-0.05, 0) is 6.92 Å². The molecule has 11 heavy (non-hydrogen) atoms. The van der Waals surface area contributed by atoms with Gasteiger partial charge in [0.15, 0.2) is 18.9 Å². The van der Waals surface area contributed by atoms with Gasteiger partial charge in [0.25, 0.3) is 0 Å². The molecule has 0 aliphatic heterocycles. The molecule has 0 aromatic rings. The molecule has 0 aliphatic carbocycles. The molecule has 0 spiro atoms. The Labute approximate surface area is 63.0 Å². The van der Waals surface area contributed by atoms with Crippen molar-refractivity contribution in [3.8, 4) is 0 Å². The van der Waals surface area contributed by atoms with Crippen molar-refractivity contribution in [3.63, 3.8) is 0 Å². The van der Waals surface area contributed by atoms with Crippen LogP contribution in [-0.2, 0) is 0 Å². The molecule has 0 saturated carbocycles. The van der Waals surface area contributed by atoms with Gasteiger partial charge in [-0.15, -0.1) is 0 Å². The summed E-state index contributed by atoms with van der Waals surface area (Å²) in [5.41, 5.74) is -2.17. The summed E-state index contributed by atoms with van der Waals surface area (Å²) in [5, 5.41) is 51.2. The molecule has 6 heteroatoms. The molecular weight excluding hydrogens is 156 g/mol. The van der Waals surface area contributed by atoms with E-state index in [1.165, 1.54) is 0 Å². The molecule has 0 amide bonds. The van der Waals surface area contributed by atoms with Gasteiger partial charge in [-0.1, -0.05) is 0 Å². The number of hydrogen-bond acceptors (Lipinski definition) is 6. The van der Waals surface area contributed by atoms with E-state index in [-0.39, 0.29) is 0 Å². The topological polar surface area (TPSA) is 121 Å². The highest BCUT2D eigenvalue weighted by Gasteiger charge is 2.45.